The van der Waals surface area contributed by atoms with E-state index in [1.165, 1.54) is 6.07 Å². The standard InChI is InChI=1S/C17H23F2N3O3S.ClH/c18-17(19)25-13-5-8-26-14(13)16(24)22-7-2-3-11(10-22)9-21-15(23)12-4-1-6-20-12;/h5,8,11-12,17,20H,1-4,6-7,9-10H2,(H,21,23);1H. The molecule has 27 heavy (non-hydrogen) atoms. The first-order valence-electron chi connectivity index (χ1n) is 8.87. The normalized spacial score (nSPS) is 22.4. The third kappa shape index (κ3) is 5.76. The summed E-state index contributed by atoms with van der Waals surface area (Å²) in [6.45, 7) is -0.480. The van der Waals surface area contributed by atoms with E-state index in [-0.39, 0.29) is 46.8 Å². The van der Waals surface area contributed by atoms with Crippen LogP contribution in [0.15, 0.2) is 11.4 Å². The van der Waals surface area contributed by atoms with Crippen molar-refractivity contribution in [3.05, 3.63) is 16.3 Å². The van der Waals surface area contributed by atoms with Crippen LogP contribution in [0.4, 0.5) is 8.78 Å². The number of nitrogens with one attached hydrogen (secondary N) is 2. The molecule has 2 amide bonds. The molecule has 1 aromatic rings. The van der Waals surface area contributed by atoms with Crippen LogP contribution in [0.2, 0.25) is 0 Å². The fourth-order valence-electron chi connectivity index (χ4n) is 3.48. The highest BCUT2D eigenvalue weighted by atomic mass is 35.5. The van der Waals surface area contributed by atoms with E-state index in [4.69, 9.17) is 0 Å². The lowest BCUT2D eigenvalue weighted by Crippen LogP contribution is -2.46. The van der Waals surface area contributed by atoms with E-state index < -0.39 is 6.61 Å². The number of thiophene rings is 1. The van der Waals surface area contributed by atoms with Gasteiger partial charge in [-0.1, -0.05) is 0 Å². The van der Waals surface area contributed by atoms with Crippen molar-refractivity contribution >= 4 is 35.6 Å². The van der Waals surface area contributed by atoms with Crippen LogP contribution in [-0.4, -0.2) is 55.5 Å². The SMILES string of the molecule is Cl.O=C(NCC1CCCN(C(=O)c2sccc2OC(F)F)C1)C1CCCN1. The number of piperidine rings is 1. The van der Waals surface area contributed by atoms with Crippen molar-refractivity contribution in [3.8, 4) is 5.75 Å². The summed E-state index contributed by atoms with van der Waals surface area (Å²) < 4.78 is 29.3. The number of rotatable bonds is 6. The first kappa shape index (κ1) is 21.8. The van der Waals surface area contributed by atoms with Crippen LogP contribution in [0.1, 0.15) is 35.4 Å². The lowest BCUT2D eigenvalue weighted by Gasteiger charge is -2.33. The van der Waals surface area contributed by atoms with Crippen molar-refractivity contribution in [2.45, 2.75) is 38.3 Å². The monoisotopic (exact) mass is 423 g/mol. The van der Waals surface area contributed by atoms with Crippen molar-refractivity contribution in [1.82, 2.24) is 15.5 Å². The van der Waals surface area contributed by atoms with E-state index >= 15 is 0 Å². The van der Waals surface area contributed by atoms with Crippen molar-refractivity contribution in [2.75, 3.05) is 26.2 Å². The maximum absolute atomic E-state index is 12.7. The first-order chi connectivity index (χ1) is 12.5. The second kappa shape index (κ2) is 10.2. The molecular weight excluding hydrogens is 400 g/mol. The highest BCUT2D eigenvalue weighted by Crippen LogP contribution is 2.29. The number of alkyl halides is 2. The zero-order valence-electron chi connectivity index (χ0n) is 14.8. The molecule has 10 heteroatoms. The van der Waals surface area contributed by atoms with Crippen LogP contribution in [0.3, 0.4) is 0 Å². The molecule has 2 atom stereocenters. The fourth-order valence-corrected chi connectivity index (χ4v) is 4.27. The second-order valence-corrected chi connectivity index (χ2v) is 7.56. The van der Waals surface area contributed by atoms with Crippen LogP contribution in [0, 0.1) is 5.92 Å². The molecule has 2 N–H and O–H groups in total. The van der Waals surface area contributed by atoms with Crippen LogP contribution in [0.25, 0.3) is 0 Å². The molecule has 0 aliphatic carbocycles. The van der Waals surface area contributed by atoms with Crippen LogP contribution in [0.5, 0.6) is 5.75 Å². The minimum Gasteiger partial charge on any atom is -0.433 e. The van der Waals surface area contributed by atoms with Gasteiger partial charge in [-0.25, -0.2) is 0 Å². The molecule has 3 rings (SSSR count). The van der Waals surface area contributed by atoms with Gasteiger partial charge < -0.3 is 20.3 Å². The van der Waals surface area contributed by atoms with Gasteiger partial charge in [0.05, 0.1) is 6.04 Å². The van der Waals surface area contributed by atoms with Crippen LogP contribution < -0.4 is 15.4 Å². The van der Waals surface area contributed by atoms with Gasteiger partial charge in [-0.05, 0) is 49.6 Å². The summed E-state index contributed by atoms with van der Waals surface area (Å²) in [5, 5.41) is 7.70. The molecule has 0 bridgehead atoms. The summed E-state index contributed by atoms with van der Waals surface area (Å²) in [5.41, 5.74) is 0. The number of amides is 2. The van der Waals surface area contributed by atoms with Gasteiger partial charge in [0.15, 0.2) is 0 Å². The highest BCUT2D eigenvalue weighted by molar-refractivity contribution is 7.12. The van der Waals surface area contributed by atoms with Gasteiger partial charge in [-0.3, -0.25) is 9.59 Å². The lowest BCUT2D eigenvalue weighted by atomic mass is 9.97. The number of hydrogen-bond donors (Lipinski definition) is 2. The number of ether oxygens (including phenoxy) is 1. The minimum atomic E-state index is -2.95. The first-order valence-corrected chi connectivity index (χ1v) is 9.75. The molecule has 2 saturated heterocycles. The summed E-state index contributed by atoms with van der Waals surface area (Å²) in [5.74, 6) is -0.184. The number of nitrogens with zero attached hydrogens (tertiary/aromatic N) is 1. The summed E-state index contributed by atoms with van der Waals surface area (Å²) in [6, 6.07) is 1.27. The smallest absolute Gasteiger partial charge is 0.387 e. The van der Waals surface area contributed by atoms with Crippen molar-refractivity contribution < 1.29 is 23.1 Å². The zero-order valence-corrected chi connectivity index (χ0v) is 16.4. The van der Waals surface area contributed by atoms with Crippen molar-refractivity contribution in [1.29, 1.82) is 0 Å². The van der Waals surface area contributed by atoms with Crippen LogP contribution >= 0.6 is 23.7 Å². The van der Waals surface area contributed by atoms with Gasteiger partial charge in [-0.2, -0.15) is 8.78 Å². The van der Waals surface area contributed by atoms with Crippen molar-refractivity contribution in [3.63, 3.8) is 0 Å². The van der Waals surface area contributed by atoms with E-state index in [9.17, 15) is 18.4 Å². The predicted octanol–water partition coefficient (Wildman–Crippen LogP) is 2.49. The maximum atomic E-state index is 12.7. The minimum absolute atomic E-state index is 0. The molecule has 0 saturated carbocycles. The topological polar surface area (TPSA) is 70.7 Å². The van der Waals surface area contributed by atoms with E-state index in [1.54, 1.807) is 10.3 Å². The Kier molecular flexibility index (Phi) is 8.25. The van der Waals surface area contributed by atoms with Gasteiger partial charge >= 0.3 is 6.61 Å². The van der Waals surface area contributed by atoms with E-state index in [1.807, 2.05) is 0 Å². The molecule has 2 aliphatic heterocycles. The molecular formula is C17H24ClF2N3O3S. The second-order valence-electron chi connectivity index (χ2n) is 6.65. The average molecular weight is 424 g/mol. The van der Waals surface area contributed by atoms with Gasteiger partial charge in [0.2, 0.25) is 5.91 Å². The molecule has 3 heterocycles. The zero-order chi connectivity index (χ0) is 18.5. The van der Waals surface area contributed by atoms with Crippen molar-refractivity contribution in [2.24, 2.45) is 5.92 Å². The average Bonchev–Trinajstić information content (AvgIpc) is 3.30. The molecule has 0 radical (unpaired) electrons. The number of likely N-dealkylation sites (tertiary alicyclic amines) is 1. The predicted molar refractivity (Wildman–Crippen MR) is 101 cm³/mol. The number of halogens is 3. The Balaban J connectivity index is 0.00000261. The quantitative estimate of drug-likeness (QED) is 0.737. The van der Waals surface area contributed by atoms with Gasteiger partial charge in [0.1, 0.15) is 10.6 Å². The lowest BCUT2D eigenvalue weighted by molar-refractivity contribution is -0.123. The Morgan fingerprint density at radius 3 is 2.89 bits per heavy atom. The Hall–Kier alpha value is -1.45. The number of carbonyl (C=O) groups excluding carboxylic acids is 2. The Labute approximate surface area is 167 Å². The Morgan fingerprint density at radius 1 is 1.37 bits per heavy atom. The van der Waals surface area contributed by atoms with E-state index in [0.29, 0.717) is 19.6 Å². The Morgan fingerprint density at radius 2 is 2.19 bits per heavy atom. The number of carbonyl (C=O) groups is 2. The third-order valence-electron chi connectivity index (χ3n) is 4.79. The summed E-state index contributed by atoms with van der Waals surface area (Å²) in [6.07, 6.45) is 3.61. The summed E-state index contributed by atoms with van der Waals surface area (Å²) in [4.78, 5) is 26.6. The summed E-state index contributed by atoms with van der Waals surface area (Å²) in [7, 11) is 0. The number of hydrogen-bond acceptors (Lipinski definition) is 5. The molecule has 2 unspecified atom stereocenters. The fraction of sp³-hybridized carbons (Fsp3) is 0.647. The molecule has 152 valence electrons. The third-order valence-corrected chi connectivity index (χ3v) is 5.67. The van der Waals surface area contributed by atoms with Gasteiger partial charge in [-0.15, -0.1) is 23.7 Å². The molecule has 6 nitrogen and oxygen atoms in total. The Bertz CT molecular complexity index is 641. The van der Waals surface area contributed by atoms with Gasteiger partial charge in [0, 0.05) is 19.6 Å². The van der Waals surface area contributed by atoms with E-state index in [2.05, 4.69) is 15.4 Å². The maximum Gasteiger partial charge on any atom is 0.387 e. The largest absolute Gasteiger partial charge is 0.433 e. The molecule has 0 spiro atoms. The molecule has 0 aromatic carbocycles. The molecule has 1 aromatic heterocycles. The summed E-state index contributed by atoms with van der Waals surface area (Å²) >= 11 is 1.10. The highest BCUT2D eigenvalue weighted by Gasteiger charge is 2.29. The molecule has 2 aliphatic rings. The van der Waals surface area contributed by atoms with E-state index in [0.717, 1.165) is 43.6 Å². The van der Waals surface area contributed by atoms with Crippen LogP contribution in [-0.2, 0) is 4.79 Å². The molecule has 2 fully saturated rings. The van der Waals surface area contributed by atoms with Gasteiger partial charge in [0.25, 0.3) is 5.91 Å².